The first kappa shape index (κ1) is 28.5. The molecule has 0 amide bonds. The van der Waals surface area contributed by atoms with Gasteiger partial charge in [0.15, 0.2) is 0 Å². The maximum atomic E-state index is 13.6. The van der Waals surface area contributed by atoms with E-state index in [2.05, 4.69) is 27.6 Å². The first-order valence-electron chi connectivity index (χ1n) is 12.7. The van der Waals surface area contributed by atoms with Gasteiger partial charge in [-0.1, -0.05) is 71.2 Å². The summed E-state index contributed by atoms with van der Waals surface area (Å²) in [6.07, 6.45) is 2.47. The van der Waals surface area contributed by atoms with Crippen LogP contribution in [0.4, 0.5) is 5.82 Å². The maximum Gasteiger partial charge on any atom is 0.263 e. The van der Waals surface area contributed by atoms with Crippen LogP contribution in [0.25, 0.3) is 10.9 Å². The maximum absolute atomic E-state index is 13.6. The van der Waals surface area contributed by atoms with Crippen molar-refractivity contribution in [2.45, 2.75) is 50.8 Å². The predicted molar refractivity (Wildman–Crippen MR) is 157 cm³/mol. The molecule has 0 saturated heterocycles. The van der Waals surface area contributed by atoms with Crippen molar-refractivity contribution in [1.29, 1.82) is 0 Å². The lowest BCUT2D eigenvalue weighted by atomic mass is 9.88. The van der Waals surface area contributed by atoms with Crippen LogP contribution in [0.2, 0.25) is 0 Å². The van der Waals surface area contributed by atoms with Gasteiger partial charge in [0.25, 0.3) is 10.0 Å². The zero-order valence-electron chi connectivity index (χ0n) is 22.0. The molecule has 4 aromatic rings. The van der Waals surface area contributed by atoms with Gasteiger partial charge in [-0.3, -0.25) is 24.2 Å². The van der Waals surface area contributed by atoms with Gasteiger partial charge in [-0.25, -0.2) is 8.42 Å². The number of unbranched alkanes of at least 4 members (excludes halogenated alkanes) is 1. The third kappa shape index (κ3) is 6.07. The van der Waals surface area contributed by atoms with E-state index >= 15 is 0 Å². The average molecular weight is 613 g/mol. The van der Waals surface area contributed by atoms with Crippen molar-refractivity contribution in [2.24, 2.45) is 0 Å². The van der Waals surface area contributed by atoms with Gasteiger partial charge < -0.3 is 0 Å². The van der Waals surface area contributed by atoms with E-state index in [9.17, 15) is 23.3 Å². The first-order valence-corrected chi connectivity index (χ1v) is 14.9. The molecule has 1 heterocycles. The zero-order valence-corrected chi connectivity index (χ0v) is 24.4. The summed E-state index contributed by atoms with van der Waals surface area (Å²) in [7, 11) is -4.14. The van der Waals surface area contributed by atoms with Crippen LogP contribution in [0.1, 0.15) is 59.7 Å². The summed E-state index contributed by atoms with van der Waals surface area (Å²) >= 11 is 3.42. The van der Waals surface area contributed by atoms with Crippen molar-refractivity contribution >= 4 is 48.6 Å². The highest BCUT2D eigenvalue weighted by Crippen LogP contribution is 2.42. The van der Waals surface area contributed by atoms with Gasteiger partial charge in [0.05, 0.1) is 16.3 Å². The van der Waals surface area contributed by atoms with Crippen LogP contribution >= 0.6 is 15.9 Å². The summed E-state index contributed by atoms with van der Waals surface area (Å²) in [4.78, 5) is 24.7. The Labute approximate surface area is 236 Å². The van der Waals surface area contributed by atoms with Crippen molar-refractivity contribution in [3.63, 3.8) is 0 Å². The number of nitrogens with zero attached hydrogens (tertiary/aromatic N) is 2. The lowest BCUT2D eigenvalue weighted by Crippen LogP contribution is -2.21. The molecule has 39 heavy (non-hydrogen) atoms. The molecule has 204 valence electrons. The number of aromatic nitrogens is 1. The topological polar surface area (TPSA) is 111 Å². The average Bonchev–Trinajstić information content (AvgIpc) is 3.20. The van der Waals surface area contributed by atoms with Crippen LogP contribution in [0, 0.1) is 17.0 Å². The van der Waals surface area contributed by atoms with Gasteiger partial charge in [-0.2, -0.15) is 0 Å². The number of hydrogen-bond donors (Lipinski definition) is 1. The Morgan fingerprint density at radius 2 is 1.74 bits per heavy atom. The lowest BCUT2D eigenvalue weighted by Gasteiger charge is -2.19. The van der Waals surface area contributed by atoms with Crippen molar-refractivity contribution in [2.75, 3.05) is 11.3 Å². The number of anilines is 1. The second kappa shape index (κ2) is 11.7. The summed E-state index contributed by atoms with van der Waals surface area (Å²) in [5.74, 6) is -1.21. The summed E-state index contributed by atoms with van der Waals surface area (Å²) in [5, 5.41) is 12.7. The Hall–Kier alpha value is -3.50. The number of hydrogen-bond acceptors (Lipinski definition) is 5. The van der Waals surface area contributed by atoms with Crippen LogP contribution in [0.15, 0.2) is 76.1 Å². The highest BCUT2D eigenvalue weighted by Gasteiger charge is 2.33. The molecule has 1 aromatic heterocycles. The summed E-state index contributed by atoms with van der Waals surface area (Å²) in [5.41, 5.74) is 3.37. The number of nitrogens with one attached hydrogen (secondary N) is 1. The molecule has 0 aliphatic carbocycles. The standard InChI is InChI=1S/C29H30BrN3O5S/c1-4-5-7-22-8-6-9-26-27(22)28(25(18-32(35)36)21-12-14-23(30)15-13-21)29(33(26)20(3)34)31-39(37,38)24-16-10-19(2)11-17-24/h6,8-17,25,31H,4-5,7,18H2,1-3H3. The molecule has 0 spiro atoms. The SMILES string of the molecule is CCCCc1cccc2c1c(C(C[N+](=O)[O-])c1ccc(Br)cc1)c(NS(=O)(=O)c1ccc(C)cc1)n2C(C)=O. The third-order valence-electron chi connectivity index (χ3n) is 6.75. The molecule has 1 N–H and O–H groups in total. The lowest BCUT2D eigenvalue weighted by molar-refractivity contribution is -0.481. The van der Waals surface area contributed by atoms with Crippen molar-refractivity contribution < 1.29 is 18.1 Å². The Balaban J connectivity index is 2.08. The quantitative estimate of drug-likeness (QED) is 0.154. The number of rotatable bonds is 10. The van der Waals surface area contributed by atoms with E-state index in [1.54, 1.807) is 42.5 Å². The molecule has 3 aromatic carbocycles. The number of carbonyl (C=O) groups is 1. The van der Waals surface area contributed by atoms with E-state index in [0.29, 0.717) is 28.5 Å². The van der Waals surface area contributed by atoms with Gasteiger partial charge in [0.2, 0.25) is 12.5 Å². The second-order valence-corrected chi connectivity index (χ2v) is 12.2. The zero-order chi connectivity index (χ0) is 28.3. The largest absolute Gasteiger partial charge is 0.274 e. The van der Waals surface area contributed by atoms with Crippen LogP contribution in [0.3, 0.4) is 0 Å². The molecule has 0 fully saturated rings. The number of benzene rings is 3. The van der Waals surface area contributed by atoms with Gasteiger partial charge in [0.1, 0.15) is 5.82 Å². The van der Waals surface area contributed by atoms with Crippen molar-refractivity contribution in [1.82, 2.24) is 4.57 Å². The summed E-state index contributed by atoms with van der Waals surface area (Å²) < 4.78 is 32.0. The Morgan fingerprint density at radius 1 is 1.08 bits per heavy atom. The van der Waals surface area contributed by atoms with E-state index in [0.717, 1.165) is 28.4 Å². The highest BCUT2D eigenvalue weighted by molar-refractivity contribution is 9.10. The smallest absolute Gasteiger partial charge is 0.263 e. The molecule has 0 aliphatic rings. The van der Waals surface area contributed by atoms with Crippen LogP contribution in [-0.2, 0) is 16.4 Å². The number of fused-ring (bicyclic) bond motifs is 1. The Bertz CT molecular complexity index is 1630. The normalized spacial score (nSPS) is 12.4. The monoisotopic (exact) mass is 611 g/mol. The van der Waals surface area contributed by atoms with Crippen molar-refractivity contribution in [3.8, 4) is 0 Å². The fraction of sp³-hybridized carbons (Fsp3) is 0.276. The number of sulfonamides is 1. The highest BCUT2D eigenvalue weighted by atomic mass is 79.9. The molecule has 10 heteroatoms. The first-order chi connectivity index (χ1) is 18.5. The molecule has 1 unspecified atom stereocenters. The molecule has 0 aliphatic heterocycles. The fourth-order valence-corrected chi connectivity index (χ4v) is 6.23. The number of carbonyl (C=O) groups excluding carboxylic acids is 1. The number of aryl methyl sites for hydroxylation is 2. The molecule has 1 atom stereocenters. The van der Waals surface area contributed by atoms with Gasteiger partial charge >= 0.3 is 0 Å². The molecule has 0 radical (unpaired) electrons. The van der Waals surface area contributed by atoms with E-state index in [4.69, 9.17) is 0 Å². The summed E-state index contributed by atoms with van der Waals surface area (Å²) in [6, 6.07) is 19.0. The van der Waals surface area contributed by atoms with E-state index in [1.807, 2.05) is 19.1 Å². The summed E-state index contributed by atoms with van der Waals surface area (Å²) in [6.45, 7) is 4.79. The molecule has 0 bridgehead atoms. The molecule has 4 rings (SSSR count). The van der Waals surface area contributed by atoms with Crippen LogP contribution in [0.5, 0.6) is 0 Å². The second-order valence-electron chi connectivity index (χ2n) is 9.57. The van der Waals surface area contributed by atoms with E-state index < -0.39 is 33.3 Å². The minimum Gasteiger partial charge on any atom is -0.274 e. The number of halogens is 1. The minimum atomic E-state index is -4.14. The molecule has 0 saturated carbocycles. The van der Waals surface area contributed by atoms with E-state index in [-0.39, 0.29) is 10.7 Å². The van der Waals surface area contributed by atoms with Crippen molar-refractivity contribution in [3.05, 3.63) is 104 Å². The van der Waals surface area contributed by atoms with Crippen LogP contribution in [-0.4, -0.2) is 30.4 Å². The Morgan fingerprint density at radius 3 is 2.33 bits per heavy atom. The predicted octanol–water partition coefficient (Wildman–Crippen LogP) is 6.92. The van der Waals surface area contributed by atoms with E-state index in [1.165, 1.54) is 23.6 Å². The third-order valence-corrected chi connectivity index (χ3v) is 8.63. The molecular weight excluding hydrogens is 582 g/mol. The minimum absolute atomic E-state index is 0.0248. The van der Waals surface area contributed by atoms with Gasteiger partial charge in [0, 0.05) is 27.3 Å². The fourth-order valence-electron chi connectivity index (χ4n) is 4.90. The van der Waals surface area contributed by atoms with Gasteiger partial charge in [-0.05, 0) is 61.2 Å². The molecule has 8 nitrogen and oxygen atoms in total. The molecular formula is C29H30BrN3O5S. The van der Waals surface area contributed by atoms with Gasteiger partial charge in [-0.15, -0.1) is 0 Å². The number of nitro groups is 1. The Kier molecular flexibility index (Phi) is 8.56. The van der Waals surface area contributed by atoms with Crippen LogP contribution < -0.4 is 4.72 Å².